The highest BCUT2D eigenvalue weighted by atomic mass is 32.2. The minimum Gasteiger partial charge on any atom is -0.361 e. The van der Waals surface area contributed by atoms with E-state index in [0.29, 0.717) is 31.1 Å². The van der Waals surface area contributed by atoms with Crippen LogP contribution in [0.15, 0.2) is 23.0 Å². The molecule has 2 aromatic rings. The standard InChI is InChI=1S/C11H14N4O3S/c1-9-6-10(13-18-9)8-19(16,17)15-5-4-14-3-2-12-11(14)7-15/h2-3,6H,4-5,7-8H2,1H3. The molecule has 7 nitrogen and oxygen atoms in total. The highest BCUT2D eigenvalue weighted by Crippen LogP contribution is 2.17. The van der Waals surface area contributed by atoms with Gasteiger partial charge in [0.05, 0.1) is 6.54 Å². The number of nitrogens with zero attached hydrogens (tertiary/aromatic N) is 4. The van der Waals surface area contributed by atoms with Crippen LogP contribution < -0.4 is 0 Å². The van der Waals surface area contributed by atoms with Crippen molar-refractivity contribution in [1.82, 2.24) is 19.0 Å². The van der Waals surface area contributed by atoms with Gasteiger partial charge in [-0.15, -0.1) is 0 Å². The molecule has 0 spiro atoms. The zero-order valence-corrected chi connectivity index (χ0v) is 11.3. The van der Waals surface area contributed by atoms with E-state index in [0.717, 1.165) is 5.82 Å². The first kappa shape index (κ1) is 12.4. The molecule has 0 unspecified atom stereocenters. The van der Waals surface area contributed by atoms with E-state index >= 15 is 0 Å². The molecular formula is C11H14N4O3S. The van der Waals surface area contributed by atoms with Gasteiger partial charge in [-0.3, -0.25) is 0 Å². The number of fused-ring (bicyclic) bond motifs is 1. The molecule has 0 amide bonds. The number of hydrogen-bond acceptors (Lipinski definition) is 5. The van der Waals surface area contributed by atoms with Gasteiger partial charge in [-0.05, 0) is 6.92 Å². The summed E-state index contributed by atoms with van der Waals surface area (Å²) in [6, 6.07) is 1.64. The predicted molar refractivity (Wildman–Crippen MR) is 66.5 cm³/mol. The van der Waals surface area contributed by atoms with Crippen molar-refractivity contribution in [3.05, 3.63) is 35.7 Å². The van der Waals surface area contributed by atoms with Crippen LogP contribution >= 0.6 is 0 Å². The Morgan fingerprint density at radius 3 is 3.00 bits per heavy atom. The molecule has 3 heterocycles. The summed E-state index contributed by atoms with van der Waals surface area (Å²) in [5, 5.41) is 3.73. The molecule has 0 saturated heterocycles. The Kier molecular flexibility index (Phi) is 2.90. The zero-order chi connectivity index (χ0) is 13.5. The third-order valence-electron chi connectivity index (χ3n) is 3.11. The fraction of sp³-hybridized carbons (Fsp3) is 0.455. The Morgan fingerprint density at radius 1 is 1.42 bits per heavy atom. The molecule has 0 bridgehead atoms. The molecule has 3 rings (SSSR count). The van der Waals surface area contributed by atoms with Crippen molar-refractivity contribution in [3.8, 4) is 0 Å². The number of rotatable bonds is 3. The average molecular weight is 282 g/mol. The van der Waals surface area contributed by atoms with E-state index in [1.165, 1.54) is 4.31 Å². The quantitative estimate of drug-likeness (QED) is 0.820. The van der Waals surface area contributed by atoms with E-state index in [9.17, 15) is 8.42 Å². The molecule has 0 aliphatic carbocycles. The monoisotopic (exact) mass is 282 g/mol. The van der Waals surface area contributed by atoms with Crippen molar-refractivity contribution in [2.45, 2.75) is 25.8 Å². The van der Waals surface area contributed by atoms with Crippen LogP contribution in [0.25, 0.3) is 0 Å². The van der Waals surface area contributed by atoms with E-state index in [4.69, 9.17) is 4.52 Å². The molecule has 8 heteroatoms. The Labute approximate surface area is 110 Å². The fourth-order valence-electron chi connectivity index (χ4n) is 2.15. The summed E-state index contributed by atoms with van der Waals surface area (Å²) in [5.74, 6) is 1.25. The summed E-state index contributed by atoms with van der Waals surface area (Å²) in [6.07, 6.45) is 3.55. The maximum absolute atomic E-state index is 12.3. The van der Waals surface area contributed by atoms with E-state index in [-0.39, 0.29) is 5.75 Å². The SMILES string of the molecule is Cc1cc(CS(=O)(=O)N2CCn3ccnc3C2)no1. The summed E-state index contributed by atoms with van der Waals surface area (Å²) >= 11 is 0. The highest BCUT2D eigenvalue weighted by Gasteiger charge is 2.28. The molecule has 1 aliphatic rings. The summed E-state index contributed by atoms with van der Waals surface area (Å²) in [7, 11) is -3.39. The van der Waals surface area contributed by atoms with Crippen molar-refractivity contribution in [1.29, 1.82) is 0 Å². The second-order valence-electron chi connectivity index (χ2n) is 4.56. The summed E-state index contributed by atoms with van der Waals surface area (Å²) in [4.78, 5) is 4.15. The van der Waals surface area contributed by atoms with Crippen molar-refractivity contribution in [3.63, 3.8) is 0 Å². The highest BCUT2D eigenvalue weighted by molar-refractivity contribution is 7.88. The van der Waals surface area contributed by atoms with Crippen molar-refractivity contribution in [2.75, 3.05) is 6.54 Å². The topological polar surface area (TPSA) is 81.2 Å². The van der Waals surface area contributed by atoms with E-state index < -0.39 is 10.0 Å². The molecule has 0 atom stereocenters. The van der Waals surface area contributed by atoms with E-state index in [1.807, 2.05) is 10.8 Å². The van der Waals surface area contributed by atoms with Crippen LogP contribution in [0.1, 0.15) is 17.3 Å². The zero-order valence-electron chi connectivity index (χ0n) is 10.5. The van der Waals surface area contributed by atoms with Crippen LogP contribution in [0.5, 0.6) is 0 Å². The van der Waals surface area contributed by atoms with Gasteiger partial charge < -0.3 is 9.09 Å². The number of sulfonamides is 1. The van der Waals surface area contributed by atoms with Gasteiger partial charge in [-0.25, -0.2) is 13.4 Å². The smallest absolute Gasteiger partial charge is 0.220 e. The first-order valence-electron chi connectivity index (χ1n) is 5.94. The summed E-state index contributed by atoms with van der Waals surface area (Å²) in [6.45, 7) is 3.14. The van der Waals surface area contributed by atoms with Gasteiger partial charge in [0.2, 0.25) is 10.0 Å². The van der Waals surface area contributed by atoms with Gasteiger partial charge in [0.1, 0.15) is 23.0 Å². The maximum atomic E-state index is 12.3. The lowest BCUT2D eigenvalue weighted by Crippen LogP contribution is -2.38. The third kappa shape index (κ3) is 2.41. The van der Waals surface area contributed by atoms with Crippen molar-refractivity contribution >= 4 is 10.0 Å². The molecule has 1 aliphatic heterocycles. The normalized spacial score (nSPS) is 16.5. The molecule has 2 aromatic heterocycles. The van der Waals surface area contributed by atoms with Gasteiger partial charge in [-0.1, -0.05) is 5.16 Å². The number of hydrogen-bond donors (Lipinski definition) is 0. The van der Waals surface area contributed by atoms with Gasteiger partial charge in [0.15, 0.2) is 0 Å². The molecule has 0 saturated carbocycles. The van der Waals surface area contributed by atoms with E-state index in [2.05, 4.69) is 10.1 Å². The van der Waals surface area contributed by atoms with Gasteiger partial charge in [-0.2, -0.15) is 4.31 Å². The largest absolute Gasteiger partial charge is 0.361 e. The Morgan fingerprint density at radius 2 is 2.26 bits per heavy atom. The molecule has 0 fully saturated rings. The molecule has 102 valence electrons. The number of aromatic nitrogens is 3. The van der Waals surface area contributed by atoms with Crippen molar-refractivity contribution in [2.24, 2.45) is 0 Å². The first-order chi connectivity index (χ1) is 9.04. The summed E-state index contributed by atoms with van der Waals surface area (Å²) < 4.78 is 32.9. The number of imidazole rings is 1. The second kappa shape index (κ2) is 4.46. The lowest BCUT2D eigenvalue weighted by atomic mass is 10.4. The van der Waals surface area contributed by atoms with Crippen LogP contribution in [0, 0.1) is 6.92 Å². The predicted octanol–water partition coefficient (Wildman–Crippen LogP) is 0.525. The third-order valence-corrected chi connectivity index (χ3v) is 4.87. The second-order valence-corrected chi connectivity index (χ2v) is 6.52. The first-order valence-corrected chi connectivity index (χ1v) is 7.55. The lowest BCUT2D eigenvalue weighted by molar-refractivity contribution is 0.334. The summed E-state index contributed by atoms with van der Waals surface area (Å²) in [5.41, 5.74) is 0.436. The maximum Gasteiger partial charge on any atom is 0.220 e. The van der Waals surface area contributed by atoms with Crippen LogP contribution in [0.4, 0.5) is 0 Å². The fourth-order valence-corrected chi connectivity index (χ4v) is 3.52. The molecule has 19 heavy (non-hydrogen) atoms. The Hall–Kier alpha value is -1.67. The molecule has 0 N–H and O–H groups in total. The van der Waals surface area contributed by atoms with Crippen LogP contribution in [-0.2, 0) is 28.9 Å². The lowest BCUT2D eigenvalue weighted by Gasteiger charge is -2.26. The Balaban J connectivity index is 1.78. The molecular weight excluding hydrogens is 268 g/mol. The van der Waals surface area contributed by atoms with Crippen LogP contribution in [-0.4, -0.2) is 34.0 Å². The minimum absolute atomic E-state index is 0.134. The number of aryl methyl sites for hydroxylation is 1. The van der Waals surface area contributed by atoms with Crippen molar-refractivity contribution < 1.29 is 12.9 Å². The van der Waals surface area contributed by atoms with Gasteiger partial charge in [0, 0.05) is 31.5 Å². The van der Waals surface area contributed by atoms with Gasteiger partial charge >= 0.3 is 0 Å². The average Bonchev–Trinajstić information content (AvgIpc) is 2.96. The van der Waals surface area contributed by atoms with Crippen LogP contribution in [0.3, 0.4) is 0 Å². The van der Waals surface area contributed by atoms with Crippen LogP contribution in [0.2, 0.25) is 0 Å². The molecule has 0 aromatic carbocycles. The molecule has 0 radical (unpaired) electrons. The Bertz CT molecular complexity index is 688. The van der Waals surface area contributed by atoms with Gasteiger partial charge in [0.25, 0.3) is 0 Å². The van der Waals surface area contributed by atoms with E-state index in [1.54, 1.807) is 19.2 Å². The minimum atomic E-state index is -3.39.